The first-order valence-electron chi connectivity index (χ1n) is 5.85. The van der Waals surface area contributed by atoms with Crippen molar-refractivity contribution in [2.75, 3.05) is 19.8 Å². The summed E-state index contributed by atoms with van der Waals surface area (Å²) in [4.78, 5) is 22.7. The molecule has 0 radical (unpaired) electrons. The second kappa shape index (κ2) is 11.3. The summed E-state index contributed by atoms with van der Waals surface area (Å²) in [7, 11) is 0. The fourth-order valence-electron chi connectivity index (χ4n) is 1.31. The van der Waals surface area contributed by atoms with E-state index in [4.69, 9.17) is 30.0 Å². The van der Waals surface area contributed by atoms with E-state index in [0.717, 1.165) is 12.8 Å². The Kier molecular flexibility index (Phi) is 13.0. The molecule has 6 nitrogen and oxygen atoms in total. The van der Waals surface area contributed by atoms with E-state index in [-0.39, 0.29) is 19.8 Å². The van der Waals surface area contributed by atoms with Gasteiger partial charge in [0.15, 0.2) is 0 Å². The molecule has 0 bridgehead atoms. The van der Waals surface area contributed by atoms with Crippen LogP contribution in [-0.2, 0) is 11.8 Å². The number of rotatable bonds is 8. The monoisotopic (exact) mass is 304 g/mol. The molecular weight excluding hydrogens is 279 g/mol. The van der Waals surface area contributed by atoms with E-state index in [1.807, 2.05) is 0 Å². The topological polar surface area (TPSA) is 121 Å². The van der Waals surface area contributed by atoms with E-state index >= 15 is 0 Å². The van der Waals surface area contributed by atoms with Gasteiger partial charge >= 0.3 is 6.72 Å². The van der Waals surface area contributed by atoms with Crippen molar-refractivity contribution in [1.82, 2.24) is 0 Å². The Hall–Kier alpha value is 0.410. The highest BCUT2D eigenvalue weighted by molar-refractivity contribution is 8.06. The number of unbranched alkanes of at least 4 members (excludes halogenated alkanes) is 3. The third-order valence-electron chi connectivity index (χ3n) is 2.57. The van der Waals surface area contributed by atoms with Crippen molar-refractivity contribution in [3.63, 3.8) is 0 Å². The number of hydrogen-bond donors (Lipinski definition) is 6. The molecular formula is C10H25O6PS. The molecule has 0 aliphatic carbocycles. The van der Waals surface area contributed by atoms with Crippen LogP contribution in [0, 0.1) is 5.41 Å². The highest BCUT2D eigenvalue weighted by Gasteiger charge is 2.26. The Labute approximate surface area is 113 Å². The summed E-state index contributed by atoms with van der Waals surface area (Å²) in [5.41, 5.74) is -0.659. The minimum absolute atomic E-state index is 0.133. The quantitative estimate of drug-likeness (QED) is 0.278. The third kappa shape index (κ3) is 14.5. The zero-order valence-corrected chi connectivity index (χ0v) is 12.4. The Morgan fingerprint density at radius 2 is 1.28 bits per heavy atom. The van der Waals surface area contributed by atoms with Crippen molar-refractivity contribution < 1.29 is 30.0 Å². The number of aliphatic hydroxyl groups excluding tert-OH is 3. The van der Waals surface area contributed by atoms with Crippen LogP contribution < -0.4 is 0 Å². The molecule has 0 unspecified atom stereocenters. The molecule has 0 spiro atoms. The molecule has 0 aromatic rings. The van der Waals surface area contributed by atoms with Gasteiger partial charge in [0.05, 0.1) is 19.8 Å². The predicted octanol–water partition coefficient (Wildman–Crippen LogP) is 0.108. The fraction of sp³-hybridized carbons (Fsp3) is 1.00. The third-order valence-corrected chi connectivity index (χ3v) is 2.57. The molecule has 0 aliphatic heterocycles. The van der Waals surface area contributed by atoms with E-state index in [9.17, 15) is 0 Å². The second-order valence-corrected chi connectivity index (χ2v) is 6.79. The van der Waals surface area contributed by atoms with E-state index in [1.54, 1.807) is 0 Å². The van der Waals surface area contributed by atoms with Crippen LogP contribution in [-0.4, -0.2) is 49.8 Å². The summed E-state index contributed by atoms with van der Waals surface area (Å²) in [6.07, 6.45) is 5.13. The smallest absolute Gasteiger partial charge is 0.319 e. The van der Waals surface area contributed by atoms with Crippen molar-refractivity contribution in [3.8, 4) is 0 Å². The van der Waals surface area contributed by atoms with Crippen molar-refractivity contribution in [3.05, 3.63) is 0 Å². The molecule has 0 saturated heterocycles. The Bertz CT molecular complexity index is 212. The first-order valence-corrected chi connectivity index (χ1v) is 8.51. The normalized spacial score (nSPS) is 11.9. The molecule has 6 N–H and O–H groups in total. The molecule has 0 fully saturated rings. The van der Waals surface area contributed by atoms with Crippen molar-refractivity contribution >= 4 is 18.5 Å². The molecule has 8 heteroatoms. The summed E-state index contributed by atoms with van der Waals surface area (Å²) < 4.78 is 0. The average Bonchev–Trinajstić information content (AvgIpc) is 2.28. The zero-order valence-electron chi connectivity index (χ0n) is 10.7. The summed E-state index contributed by atoms with van der Waals surface area (Å²) in [6, 6.07) is 0. The van der Waals surface area contributed by atoms with Crippen molar-refractivity contribution in [2.24, 2.45) is 5.41 Å². The summed E-state index contributed by atoms with van der Waals surface area (Å²) >= 11 is 3.60. The van der Waals surface area contributed by atoms with Crippen LogP contribution in [0.3, 0.4) is 0 Å². The molecule has 0 rings (SSSR count). The van der Waals surface area contributed by atoms with Gasteiger partial charge in [0.25, 0.3) is 0 Å². The molecule has 0 aliphatic rings. The van der Waals surface area contributed by atoms with Gasteiger partial charge in [0.2, 0.25) is 0 Å². The Morgan fingerprint density at radius 1 is 0.889 bits per heavy atom. The molecule has 0 aromatic carbocycles. The molecule has 0 aromatic heterocycles. The molecule has 0 atom stereocenters. The van der Waals surface area contributed by atoms with Gasteiger partial charge in [-0.2, -0.15) is 0 Å². The number of aliphatic hydroxyl groups is 3. The lowest BCUT2D eigenvalue weighted by molar-refractivity contribution is -0.00228. The highest BCUT2D eigenvalue weighted by Crippen LogP contribution is 2.26. The van der Waals surface area contributed by atoms with Gasteiger partial charge in [-0.3, -0.25) is 0 Å². The minimum Gasteiger partial charge on any atom is -0.396 e. The predicted molar refractivity (Wildman–Crippen MR) is 73.4 cm³/mol. The van der Waals surface area contributed by atoms with E-state index in [2.05, 4.69) is 18.7 Å². The summed E-state index contributed by atoms with van der Waals surface area (Å²) in [6.45, 7) is -2.07. The van der Waals surface area contributed by atoms with Gasteiger partial charge in [-0.05, 0) is 18.2 Å². The van der Waals surface area contributed by atoms with Gasteiger partial charge in [-0.25, -0.2) is 0 Å². The van der Waals surface area contributed by atoms with Crippen molar-refractivity contribution in [2.45, 2.75) is 39.0 Å². The summed E-state index contributed by atoms with van der Waals surface area (Å²) in [5, 5.41) is 27.0. The Morgan fingerprint density at radius 3 is 1.56 bits per heavy atom. The first-order chi connectivity index (χ1) is 8.24. The van der Waals surface area contributed by atoms with Crippen LogP contribution in [0.4, 0.5) is 0 Å². The molecule has 112 valence electrons. The maximum absolute atomic E-state index is 9.01. The molecule has 18 heavy (non-hydrogen) atoms. The number of hydrogen-bond acceptors (Lipinski definition) is 4. The van der Waals surface area contributed by atoms with E-state index < -0.39 is 12.1 Å². The van der Waals surface area contributed by atoms with Gasteiger partial charge < -0.3 is 30.0 Å². The second-order valence-electron chi connectivity index (χ2n) is 4.30. The maximum atomic E-state index is 9.01. The average molecular weight is 304 g/mol. The summed E-state index contributed by atoms with van der Waals surface area (Å²) in [5.74, 6) is 0. The fourth-order valence-corrected chi connectivity index (χ4v) is 1.31. The van der Waals surface area contributed by atoms with Gasteiger partial charge in [-0.15, -0.1) is 0 Å². The Balaban J connectivity index is 0. The molecule has 0 heterocycles. The van der Waals surface area contributed by atoms with Crippen LogP contribution in [0.15, 0.2) is 0 Å². The van der Waals surface area contributed by atoms with Crippen LogP contribution >= 0.6 is 6.72 Å². The lowest BCUT2D eigenvalue weighted by Crippen LogP contribution is -2.33. The SMILES string of the molecule is CCCCCCC(CO)(CO)CO.OP(O)(O)=S. The van der Waals surface area contributed by atoms with Crippen molar-refractivity contribution in [1.29, 1.82) is 0 Å². The van der Waals surface area contributed by atoms with Crippen LogP contribution in [0.5, 0.6) is 0 Å². The highest BCUT2D eigenvalue weighted by atomic mass is 32.5. The minimum atomic E-state index is -3.81. The lowest BCUT2D eigenvalue weighted by Gasteiger charge is -2.27. The van der Waals surface area contributed by atoms with Gasteiger partial charge in [0.1, 0.15) is 0 Å². The molecule has 0 saturated carbocycles. The van der Waals surface area contributed by atoms with E-state index in [1.165, 1.54) is 12.8 Å². The van der Waals surface area contributed by atoms with Gasteiger partial charge in [0, 0.05) is 5.41 Å². The van der Waals surface area contributed by atoms with Crippen LogP contribution in [0.1, 0.15) is 39.0 Å². The molecule has 0 amide bonds. The van der Waals surface area contributed by atoms with Crippen LogP contribution in [0.25, 0.3) is 0 Å². The standard InChI is InChI=1S/C10H22O3.H3O3PS/c1-2-3-4-5-6-10(7-11,8-12)9-13;1-4(2,3)5/h11-13H,2-9H2,1H3;(H3,1,2,3,5). The first kappa shape index (κ1) is 20.7. The van der Waals surface area contributed by atoms with Crippen LogP contribution in [0.2, 0.25) is 0 Å². The van der Waals surface area contributed by atoms with E-state index in [0.29, 0.717) is 6.42 Å². The van der Waals surface area contributed by atoms with Gasteiger partial charge in [-0.1, -0.05) is 32.6 Å². The zero-order chi connectivity index (χ0) is 14.7. The largest absolute Gasteiger partial charge is 0.396 e. The maximum Gasteiger partial charge on any atom is 0.319 e. The lowest BCUT2D eigenvalue weighted by atomic mass is 9.85.